The van der Waals surface area contributed by atoms with Gasteiger partial charge in [-0.25, -0.2) is 0 Å². The zero-order valence-corrected chi connectivity index (χ0v) is 14.9. The van der Waals surface area contributed by atoms with Crippen LogP contribution in [-0.4, -0.2) is 23.3 Å². The Labute approximate surface area is 163 Å². The first kappa shape index (κ1) is 17.8. The second-order valence-corrected chi connectivity index (χ2v) is 6.69. The van der Waals surface area contributed by atoms with E-state index in [-0.39, 0.29) is 11.3 Å². The monoisotopic (exact) mass is 401 g/mol. The molecule has 3 aromatic rings. The van der Waals surface area contributed by atoms with Gasteiger partial charge < -0.3 is 19.3 Å². The molecule has 2 aromatic carbocycles. The van der Waals surface area contributed by atoms with Gasteiger partial charge in [-0.15, -0.1) is 0 Å². The van der Waals surface area contributed by atoms with Gasteiger partial charge in [-0.05, 0) is 41.1 Å². The van der Waals surface area contributed by atoms with Crippen molar-refractivity contribution in [3.05, 3.63) is 65.7 Å². The van der Waals surface area contributed by atoms with Crippen molar-refractivity contribution in [2.45, 2.75) is 12.3 Å². The molecule has 5 nitrogen and oxygen atoms in total. The number of benzene rings is 2. The highest BCUT2D eigenvalue weighted by molar-refractivity contribution is 5.93. The standard InChI is InChI=1S/C21H14F3NO4/c22-21(23,24)14-2-1-5-25-19(14)13-10-29-15-4-3-11-8-16-17(28-7-6-27-16)9-12(11)18(15)20(13)26/h1-5,8-10,20,26H,6-7H2. The number of fused-ring (bicyclic) bond motifs is 4. The predicted octanol–water partition coefficient (Wildman–Crippen LogP) is 4.49. The number of nitrogens with zero attached hydrogens (tertiary/aromatic N) is 1. The maximum absolute atomic E-state index is 13.4. The van der Waals surface area contributed by atoms with Crippen molar-refractivity contribution in [1.29, 1.82) is 0 Å². The van der Waals surface area contributed by atoms with Crippen molar-refractivity contribution >= 4 is 16.3 Å². The Balaban J connectivity index is 1.67. The third kappa shape index (κ3) is 2.87. The zero-order chi connectivity index (χ0) is 20.2. The first-order valence-corrected chi connectivity index (χ1v) is 8.87. The van der Waals surface area contributed by atoms with Crippen molar-refractivity contribution in [3.63, 3.8) is 0 Å². The van der Waals surface area contributed by atoms with Crippen LogP contribution in [-0.2, 0) is 6.18 Å². The fraction of sp³-hybridized carbons (Fsp3) is 0.190. The summed E-state index contributed by atoms with van der Waals surface area (Å²) in [6, 6.07) is 9.07. The minimum atomic E-state index is -4.62. The van der Waals surface area contributed by atoms with Gasteiger partial charge in [0.1, 0.15) is 25.1 Å². The molecule has 3 heterocycles. The van der Waals surface area contributed by atoms with E-state index in [0.29, 0.717) is 41.4 Å². The van der Waals surface area contributed by atoms with Gasteiger partial charge in [-0.1, -0.05) is 6.07 Å². The maximum atomic E-state index is 13.4. The van der Waals surface area contributed by atoms with Gasteiger partial charge in [0.05, 0.1) is 17.5 Å². The van der Waals surface area contributed by atoms with Crippen LogP contribution in [0.2, 0.25) is 0 Å². The average molecular weight is 401 g/mol. The summed E-state index contributed by atoms with van der Waals surface area (Å²) in [5, 5.41) is 12.4. The highest BCUT2D eigenvalue weighted by atomic mass is 19.4. The molecule has 0 bridgehead atoms. The van der Waals surface area contributed by atoms with Crippen LogP contribution in [0.5, 0.6) is 17.2 Å². The van der Waals surface area contributed by atoms with E-state index >= 15 is 0 Å². The Morgan fingerprint density at radius 3 is 2.52 bits per heavy atom. The third-order valence-electron chi connectivity index (χ3n) is 4.95. The normalized spacial score (nSPS) is 18.1. The van der Waals surface area contributed by atoms with Crippen LogP contribution in [0.1, 0.15) is 22.9 Å². The number of hydrogen-bond acceptors (Lipinski definition) is 5. The van der Waals surface area contributed by atoms with Gasteiger partial charge in [-0.3, -0.25) is 4.98 Å². The number of ether oxygens (including phenoxy) is 3. The molecule has 148 valence electrons. The Morgan fingerprint density at radius 2 is 1.76 bits per heavy atom. The van der Waals surface area contributed by atoms with Gasteiger partial charge in [0, 0.05) is 17.3 Å². The molecular weight excluding hydrogens is 387 g/mol. The highest BCUT2D eigenvalue weighted by Crippen LogP contribution is 2.47. The Morgan fingerprint density at radius 1 is 1.00 bits per heavy atom. The fourth-order valence-electron chi connectivity index (χ4n) is 3.64. The van der Waals surface area contributed by atoms with E-state index in [4.69, 9.17) is 14.2 Å². The van der Waals surface area contributed by atoms with E-state index in [0.717, 1.165) is 17.7 Å². The molecule has 1 aromatic heterocycles. The molecule has 0 aliphatic carbocycles. The summed E-state index contributed by atoms with van der Waals surface area (Å²) >= 11 is 0. The minimum absolute atomic E-state index is 0.0622. The molecule has 0 fully saturated rings. The second kappa shape index (κ2) is 6.38. The smallest absolute Gasteiger partial charge is 0.418 e. The van der Waals surface area contributed by atoms with Crippen LogP contribution in [0.4, 0.5) is 13.2 Å². The maximum Gasteiger partial charge on any atom is 0.418 e. The lowest BCUT2D eigenvalue weighted by atomic mass is 9.90. The molecule has 5 rings (SSSR count). The third-order valence-corrected chi connectivity index (χ3v) is 4.95. The zero-order valence-electron chi connectivity index (χ0n) is 14.9. The molecule has 1 N–H and O–H groups in total. The first-order chi connectivity index (χ1) is 13.9. The number of aliphatic hydroxyl groups is 1. The lowest BCUT2D eigenvalue weighted by Gasteiger charge is -2.26. The number of hydrogen-bond donors (Lipinski definition) is 1. The Kier molecular flexibility index (Phi) is 3.92. The molecule has 0 amide bonds. The summed E-state index contributed by atoms with van der Waals surface area (Å²) in [4.78, 5) is 3.87. The van der Waals surface area contributed by atoms with Crippen LogP contribution in [0.15, 0.2) is 48.9 Å². The number of pyridine rings is 1. The van der Waals surface area contributed by atoms with Crippen LogP contribution in [0, 0.1) is 0 Å². The average Bonchev–Trinajstić information content (AvgIpc) is 2.71. The molecule has 0 spiro atoms. The highest BCUT2D eigenvalue weighted by Gasteiger charge is 2.38. The van der Waals surface area contributed by atoms with Crippen molar-refractivity contribution in [1.82, 2.24) is 4.98 Å². The van der Waals surface area contributed by atoms with E-state index < -0.39 is 17.8 Å². The lowest BCUT2D eigenvalue weighted by Crippen LogP contribution is -2.17. The molecule has 0 saturated carbocycles. The van der Waals surface area contributed by atoms with E-state index in [2.05, 4.69) is 4.98 Å². The van der Waals surface area contributed by atoms with Gasteiger partial charge in [0.2, 0.25) is 0 Å². The number of rotatable bonds is 1. The summed E-state index contributed by atoms with van der Waals surface area (Å²) in [6.07, 6.45) is -3.61. The molecule has 1 unspecified atom stereocenters. The summed E-state index contributed by atoms with van der Waals surface area (Å²) in [5.74, 6) is 1.44. The van der Waals surface area contributed by atoms with Crippen LogP contribution < -0.4 is 14.2 Å². The molecule has 1 atom stereocenters. The fourth-order valence-corrected chi connectivity index (χ4v) is 3.64. The van der Waals surface area contributed by atoms with Crippen LogP contribution >= 0.6 is 0 Å². The molecule has 0 radical (unpaired) electrons. The summed E-state index contributed by atoms with van der Waals surface area (Å²) < 4.78 is 57.1. The van der Waals surface area contributed by atoms with Crippen LogP contribution in [0.3, 0.4) is 0 Å². The van der Waals surface area contributed by atoms with Crippen molar-refractivity contribution < 1.29 is 32.5 Å². The van der Waals surface area contributed by atoms with E-state index in [1.165, 1.54) is 12.3 Å². The van der Waals surface area contributed by atoms with Gasteiger partial charge in [-0.2, -0.15) is 13.2 Å². The van der Waals surface area contributed by atoms with Gasteiger partial charge in [0.15, 0.2) is 11.5 Å². The number of aromatic nitrogens is 1. The summed E-state index contributed by atoms with van der Waals surface area (Å²) in [7, 11) is 0. The van der Waals surface area contributed by atoms with Crippen molar-refractivity contribution in [2.24, 2.45) is 0 Å². The summed E-state index contributed by atoms with van der Waals surface area (Å²) in [6.45, 7) is 0.822. The predicted molar refractivity (Wildman–Crippen MR) is 97.7 cm³/mol. The van der Waals surface area contributed by atoms with Crippen molar-refractivity contribution in [3.8, 4) is 17.2 Å². The quantitative estimate of drug-likeness (QED) is 0.651. The molecule has 2 aliphatic rings. The Bertz CT molecular complexity index is 1160. The van der Waals surface area contributed by atoms with E-state index in [9.17, 15) is 18.3 Å². The summed E-state index contributed by atoms with van der Waals surface area (Å²) in [5.41, 5.74) is -1.01. The largest absolute Gasteiger partial charge is 0.486 e. The number of halogens is 3. The SMILES string of the molecule is OC1C(c2ncccc2C(F)(F)F)=COc2ccc3cc4c(cc3c21)OCCO4. The van der Waals surface area contributed by atoms with E-state index in [1.54, 1.807) is 24.3 Å². The first-order valence-electron chi connectivity index (χ1n) is 8.87. The minimum Gasteiger partial charge on any atom is -0.486 e. The lowest BCUT2D eigenvalue weighted by molar-refractivity contribution is -0.138. The van der Waals surface area contributed by atoms with Crippen molar-refractivity contribution in [2.75, 3.05) is 13.2 Å². The molecule has 29 heavy (non-hydrogen) atoms. The molecular formula is C21H14F3NO4. The number of alkyl halides is 3. The second-order valence-electron chi connectivity index (χ2n) is 6.69. The molecule has 0 saturated heterocycles. The number of aliphatic hydroxyl groups excluding tert-OH is 1. The topological polar surface area (TPSA) is 60.8 Å². The van der Waals surface area contributed by atoms with Gasteiger partial charge in [0.25, 0.3) is 0 Å². The molecule has 2 aliphatic heterocycles. The van der Waals surface area contributed by atoms with Crippen LogP contribution in [0.25, 0.3) is 16.3 Å². The Hall–Kier alpha value is -3.26. The van der Waals surface area contributed by atoms with E-state index in [1.807, 2.05) is 0 Å². The van der Waals surface area contributed by atoms with Gasteiger partial charge >= 0.3 is 6.18 Å². The molecule has 8 heteroatoms.